The largest absolute Gasteiger partial charge is 0.460 e. The molecule has 1 aromatic heterocycles. The number of esters is 1. The molecule has 1 atom stereocenters. The average Bonchev–Trinajstić information content (AvgIpc) is 3.30. The molecule has 1 fully saturated rings. The number of hydrogen-bond acceptors (Lipinski definition) is 6. The molecular weight excluding hydrogens is 414 g/mol. The van der Waals surface area contributed by atoms with Gasteiger partial charge in [0.2, 0.25) is 0 Å². The molecule has 0 spiro atoms. The number of fused-ring (bicyclic) bond motifs is 1. The van der Waals surface area contributed by atoms with E-state index in [1.165, 1.54) is 12.8 Å². The Balaban J connectivity index is 1.34. The molecule has 1 aliphatic rings. The number of aromatic nitrogens is 1. The van der Waals surface area contributed by atoms with Gasteiger partial charge in [0.05, 0.1) is 23.4 Å². The van der Waals surface area contributed by atoms with Crippen LogP contribution in [0.25, 0.3) is 10.9 Å². The molecule has 2 heterocycles. The standard InChI is InChI=1S/C24H26ClN3O3/c25-17-7-8-19-22(9-12-27-23(19)16-17)28-21-6-2-1-5-20(21)24(29)31-15-14-30-13-10-18-4-3-11-26-18/h1-2,5-9,12,16,18,26H,3-4,10-11,13-15H2,(H,27,28). The number of halogens is 1. The molecule has 1 aliphatic heterocycles. The van der Waals surface area contributed by atoms with Crippen molar-refractivity contribution in [3.8, 4) is 0 Å². The highest BCUT2D eigenvalue weighted by Crippen LogP contribution is 2.28. The number of hydrogen-bond donors (Lipinski definition) is 2. The van der Waals surface area contributed by atoms with Crippen molar-refractivity contribution in [1.82, 2.24) is 10.3 Å². The Morgan fingerprint density at radius 2 is 2.03 bits per heavy atom. The zero-order chi connectivity index (χ0) is 21.5. The van der Waals surface area contributed by atoms with E-state index < -0.39 is 0 Å². The Morgan fingerprint density at radius 3 is 2.90 bits per heavy atom. The van der Waals surface area contributed by atoms with Gasteiger partial charge in [0.15, 0.2) is 0 Å². The normalized spacial score (nSPS) is 15.8. The summed E-state index contributed by atoms with van der Waals surface area (Å²) in [6.07, 6.45) is 5.15. The summed E-state index contributed by atoms with van der Waals surface area (Å²) in [7, 11) is 0. The third-order valence-corrected chi connectivity index (χ3v) is 5.59. The van der Waals surface area contributed by atoms with E-state index >= 15 is 0 Å². The van der Waals surface area contributed by atoms with Crippen molar-refractivity contribution in [3.05, 3.63) is 65.3 Å². The summed E-state index contributed by atoms with van der Waals surface area (Å²) in [6.45, 7) is 2.39. The molecule has 3 aromatic rings. The third-order valence-electron chi connectivity index (χ3n) is 5.35. The van der Waals surface area contributed by atoms with E-state index in [1.807, 2.05) is 42.5 Å². The zero-order valence-corrected chi connectivity index (χ0v) is 18.0. The van der Waals surface area contributed by atoms with E-state index in [2.05, 4.69) is 15.6 Å². The lowest BCUT2D eigenvalue weighted by Gasteiger charge is -2.14. The molecule has 6 nitrogen and oxygen atoms in total. The number of ether oxygens (including phenoxy) is 2. The Hall–Kier alpha value is -2.67. The van der Waals surface area contributed by atoms with Crippen LogP contribution in [0.4, 0.5) is 11.4 Å². The fourth-order valence-corrected chi connectivity index (χ4v) is 3.91. The van der Waals surface area contributed by atoms with Gasteiger partial charge >= 0.3 is 5.97 Å². The predicted molar refractivity (Wildman–Crippen MR) is 123 cm³/mol. The van der Waals surface area contributed by atoms with Gasteiger partial charge in [-0.25, -0.2) is 4.79 Å². The Morgan fingerprint density at radius 1 is 1.13 bits per heavy atom. The molecule has 2 N–H and O–H groups in total. The quantitative estimate of drug-likeness (QED) is 0.363. The molecule has 0 bridgehead atoms. The summed E-state index contributed by atoms with van der Waals surface area (Å²) in [5.74, 6) is -0.384. The number of nitrogens with one attached hydrogen (secondary N) is 2. The van der Waals surface area contributed by atoms with E-state index in [4.69, 9.17) is 21.1 Å². The molecule has 0 amide bonds. The Bertz CT molecular complexity index is 1040. The van der Waals surface area contributed by atoms with Crippen molar-refractivity contribution in [3.63, 3.8) is 0 Å². The molecule has 0 radical (unpaired) electrons. The minimum atomic E-state index is -0.384. The van der Waals surface area contributed by atoms with Crippen LogP contribution in [-0.2, 0) is 9.47 Å². The Kier molecular flexibility index (Phi) is 7.35. The van der Waals surface area contributed by atoms with Crippen molar-refractivity contribution < 1.29 is 14.3 Å². The predicted octanol–water partition coefficient (Wildman–Crippen LogP) is 4.95. The van der Waals surface area contributed by atoms with E-state index in [0.29, 0.717) is 35.5 Å². The molecule has 7 heteroatoms. The molecule has 1 saturated heterocycles. The van der Waals surface area contributed by atoms with Crippen LogP contribution in [0, 0.1) is 0 Å². The molecular formula is C24H26ClN3O3. The summed E-state index contributed by atoms with van der Waals surface area (Å²) in [4.78, 5) is 17.0. The van der Waals surface area contributed by atoms with Crippen molar-refractivity contribution in [2.45, 2.75) is 25.3 Å². The third kappa shape index (κ3) is 5.73. The monoisotopic (exact) mass is 439 g/mol. The summed E-state index contributed by atoms with van der Waals surface area (Å²) >= 11 is 6.08. The number of anilines is 2. The first kappa shape index (κ1) is 21.6. The maximum atomic E-state index is 12.6. The van der Waals surface area contributed by atoms with E-state index in [1.54, 1.807) is 12.3 Å². The van der Waals surface area contributed by atoms with Crippen LogP contribution in [-0.4, -0.2) is 43.4 Å². The fraction of sp³-hybridized carbons (Fsp3) is 0.333. The maximum absolute atomic E-state index is 12.6. The zero-order valence-electron chi connectivity index (χ0n) is 17.3. The average molecular weight is 440 g/mol. The minimum absolute atomic E-state index is 0.224. The summed E-state index contributed by atoms with van der Waals surface area (Å²) in [6, 6.07) is 15.3. The number of benzene rings is 2. The second kappa shape index (κ2) is 10.6. The minimum Gasteiger partial charge on any atom is -0.460 e. The highest BCUT2D eigenvalue weighted by Gasteiger charge is 2.15. The van der Waals surface area contributed by atoms with Crippen LogP contribution in [0.2, 0.25) is 5.02 Å². The van der Waals surface area contributed by atoms with Gasteiger partial charge in [-0.1, -0.05) is 23.7 Å². The number of nitrogens with zero attached hydrogens (tertiary/aromatic N) is 1. The summed E-state index contributed by atoms with van der Waals surface area (Å²) in [5.41, 5.74) is 2.76. The molecule has 4 rings (SSSR count). The van der Waals surface area contributed by atoms with Crippen LogP contribution >= 0.6 is 11.6 Å². The van der Waals surface area contributed by atoms with Crippen LogP contribution in [0.5, 0.6) is 0 Å². The molecule has 0 aliphatic carbocycles. The van der Waals surface area contributed by atoms with Crippen LogP contribution in [0.15, 0.2) is 54.7 Å². The van der Waals surface area contributed by atoms with Crippen LogP contribution in [0.3, 0.4) is 0 Å². The van der Waals surface area contributed by atoms with Gasteiger partial charge in [-0.2, -0.15) is 0 Å². The molecule has 2 aromatic carbocycles. The first-order valence-electron chi connectivity index (χ1n) is 10.6. The lowest BCUT2D eigenvalue weighted by molar-refractivity contribution is 0.0307. The fourth-order valence-electron chi connectivity index (χ4n) is 3.75. The van der Waals surface area contributed by atoms with Gasteiger partial charge in [-0.3, -0.25) is 4.98 Å². The lowest BCUT2D eigenvalue weighted by Crippen LogP contribution is -2.23. The maximum Gasteiger partial charge on any atom is 0.340 e. The van der Waals surface area contributed by atoms with Gasteiger partial charge < -0.3 is 20.1 Å². The van der Waals surface area contributed by atoms with Gasteiger partial charge in [0.25, 0.3) is 0 Å². The highest BCUT2D eigenvalue weighted by atomic mass is 35.5. The van der Waals surface area contributed by atoms with Gasteiger partial charge in [0, 0.05) is 34.9 Å². The smallest absolute Gasteiger partial charge is 0.340 e. The van der Waals surface area contributed by atoms with Crippen LogP contribution in [0.1, 0.15) is 29.6 Å². The SMILES string of the molecule is O=C(OCCOCCC1CCCN1)c1ccccc1Nc1ccnc2cc(Cl)ccc12. The number of carbonyl (C=O) groups is 1. The highest BCUT2D eigenvalue weighted by molar-refractivity contribution is 6.31. The van der Waals surface area contributed by atoms with Crippen LogP contribution < -0.4 is 10.6 Å². The van der Waals surface area contributed by atoms with Gasteiger partial charge in [-0.05, 0) is 62.2 Å². The number of pyridine rings is 1. The summed E-state index contributed by atoms with van der Waals surface area (Å²) in [5, 5.41) is 8.32. The van der Waals surface area contributed by atoms with Gasteiger partial charge in [-0.15, -0.1) is 0 Å². The molecule has 31 heavy (non-hydrogen) atoms. The van der Waals surface area contributed by atoms with Crippen molar-refractivity contribution >= 4 is 39.8 Å². The topological polar surface area (TPSA) is 72.5 Å². The first-order valence-corrected chi connectivity index (χ1v) is 11.0. The van der Waals surface area contributed by atoms with Gasteiger partial charge in [0.1, 0.15) is 6.61 Å². The number of carbonyl (C=O) groups excluding carboxylic acids is 1. The summed E-state index contributed by atoms with van der Waals surface area (Å²) < 4.78 is 11.0. The number of para-hydroxylation sites is 1. The molecule has 162 valence electrons. The second-order valence-electron chi connectivity index (χ2n) is 7.52. The van der Waals surface area contributed by atoms with Crippen molar-refractivity contribution in [2.24, 2.45) is 0 Å². The first-order chi connectivity index (χ1) is 15.2. The van der Waals surface area contributed by atoms with E-state index in [0.717, 1.165) is 29.6 Å². The lowest BCUT2D eigenvalue weighted by atomic mass is 10.1. The van der Waals surface area contributed by atoms with Crippen molar-refractivity contribution in [1.29, 1.82) is 0 Å². The van der Waals surface area contributed by atoms with Crippen molar-refractivity contribution in [2.75, 3.05) is 31.7 Å². The second-order valence-corrected chi connectivity index (χ2v) is 7.96. The molecule has 1 unspecified atom stereocenters. The molecule has 0 saturated carbocycles. The number of rotatable bonds is 9. The Labute approximate surface area is 186 Å². The van der Waals surface area contributed by atoms with E-state index in [9.17, 15) is 4.79 Å². The van der Waals surface area contributed by atoms with E-state index in [-0.39, 0.29) is 12.6 Å².